The van der Waals surface area contributed by atoms with Crippen molar-refractivity contribution in [2.24, 2.45) is 5.10 Å². The van der Waals surface area contributed by atoms with E-state index in [-0.39, 0.29) is 11.7 Å². The molecule has 2 aromatic rings. The fourth-order valence-corrected chi connectivity index (χ4v) is 1.90. The molecule has 2 rings (SSSR count). The van der Waals surface area contributed by atoms with Crippen LogP contribution in [0.4, 0.5) is 0 Å². The average molecular weight is 286 g/mol. The van der Waals surface area contributed by atoms with E-state index >= 15 is 0 Å². The first kappa shape index (κ1) is 14.8. The van der Waals surface area contributed by atoms with Gasteiger partial charge in [0.15, 0.2) is 0 Å². The van der Waals surface area contributed by atoms with Gasteiger partial charge in [-0.25, -0.2) is 5.43 Å². The lowest BCUT2D eigenvalue weighted by Gasteiger charge is -2.03. The molecule has 0 unspecified atom stereocenters. The van der Waals surface area contributed by atoms with Crippen molar-refractivity contribution in [3.63, 3.8) is 0 Å². The molecule has 110 valence electrons. The van der Waals surface area contributed by atoms with Gasteiger partial charge in [-0.1, -0.05) is 0 Å². The van der Waals surface area contributed by atoms with Crippen molar-refractivity contribution in [3.05, 3.63) is 47.3 Å². The molecule has 1 aromatic heterocycles. The smallest absolute Gasteiger partial charge is 0.241 e. The molecule has 1 amide bonds. The standard InChI is InChI=1S/C15H18N4O2/c1-11-9-12(2)19(18-11)8-7-15(21)17-16-10-13-3-5-14(20)6-4-13/h3-6,9-10,20H,7-8H2,1-2H3,(H,17,21)/b16-10-. The first-order valence-corrected chi connectivity index (χ1v) is 6.66. The summed E-state index contributed by atoms with van der Waals surface area (Å²) in [4.78, 5) is 11.7. The lowest BCUT2D eigenvalue weighted by Crippen LogP contribution is -2.20. The van der Waals surface area contributed by atoms with E-state index in [1.54, 1.807) is 28.9 Å². The Morgan fingerprint density at radius 3 is 2.71 bits per heavy atom. The van der Waals surface area contributed by atoms with Crippen molar-refractivity contribution in [2.45, 2.75) is 26.8 Å². The predicted molar refractivity (Wildman–Crippen MR) is 80.2 cm³/mol. The molecule has 0 aliphatic heterocycles. The van der Waals surface area contributed by atoms with Gasteiger partial charge in [0.25, 0.3) is 0 Å². The summed E-state index contributed by atoms with van der Waals surface area (Å²) < 4.78 is 1.80. The Morgan fingerprint density at radius 2 is 2.10 bits per heavy atom. The molecular weight excluding hydrogens is 268 g/mol. The molecule has 0 saturated heterocycles. The number of nitrogens with zero attached hydrogens (tertiary/aromatic N) is 3. The van der Waals surface area contributed by atoms with E-state index < -0.39 is 0 Å². The first-order chi connectivity index (χ1) is 10.0. The number of phenolic OH excluding ortho intramolecular Hbond substituents is 1. The number of rotatable bonds is 5. The molecule has 0 fully saturated rings. The van der Waals surface area contributed by atoms with E-state index in [2.05, 4.69) is 15.6 Å². The van der Waals surface area contributed by atoms with Crippen LogP contribution in [0.5, 0.6) is 5.75 Å². The fraction of sp³-hybridized carbons (Fsp3) is 0.267. The number of carbonyl (C=O) groups is 1. The van der Waals surface area contributed by atoms with E-state index in [0.29, 0.717) is 13.0 Å². The maximum Gasteiger partial charge on any atom is 0.241 e. The van der Waals surface area contributed by atoms with Gasteiger partial charge in [0.05, 0.1) is 18.5 Å². The van der Waals surface area contributed by atoms with Gasteiger partial charge in [-0.05, 0) is 49.7 Å². The number of phenols is 1. The first-order valence-electron chi connectivity index (χ1n) is 6.66. The number of amides is 1. The summed E-state index contributed by atoms with van der Waals surface area (Å²) >= 11 is 0. The largest absolute Gasteiger partial charge is 0.508 e. The molecule has 2 N–H and O–H groups in total. The van der Waals surface area contributed by atoms with Crippen molar-refractivity contribution in [3.8, 4) is 5.75 Å². The topological polar surface area (TPSA) is 79.5 Å². The quantitative estimate of drug-likeness (QED) is 0.649. The highest BCUT2D eigenvalue weighted by atomic mass is 16.3. The van der Waals surface area contributed by atoms with E-state index in [1.807, 2.05) is 19.9 Å². The third-order valence-corrected chi connectivity index (χ3v) is 2.95. The number of hydrazone groups is 1. The summed E-state index contributed by atoms with van der Waals surface area (Å²) in [6, 6.07) is 8.51. The molecule has 0 spiro atoms. The van der Waals surface area contributed by atoms with Gasteiger partial charge < -0.3 is 5.11 Å². The van der Waals surface area contributed by atoms with Crippen LogP contribution in [0.3, 0.4) is 0 Å². The number of aromatic nitrogens is 2. The highest BCUT2D eigenvalue weighted by molar-refractivity contribution is 5.82. The SMILES string of the molecule is Cc1cc(C)n(CCC(=O)N/N=C\c2ccc(O)cc2)n1. The molecule has 21 heavy (non-hydrogen) atoms. The summed E-state index contributed by atoms with van der Waals surface area (Å²) in [6.45, 7) is 4.41. The number of hydrogen-bond donors (Lipinski definition) is 2. The lowest BCUT2D eigenvalue weighted by molar-refractivity contribution is -0.121. The zero-order valence-corrected chi connectivity index (χ0v) is 12.1. The minimum absolute atomic E-state index is 0.169. The number of aromatic hydroxyl groups is 1. The van der Waals surface area contributed by atoms with E-state index in [1.165, 1.54) is 6.21 Å². The van der Waals surface area contributed by atoms with Crippen molar-refractivity contribution in [1.29, 1.82) is 0 Å². The molecule has 0 aliphatic carbocycles. The number of carbonyl (C=O) groups excluding carboxylic acids is 1. The van der Waals surface area contributed by atoms with Gasteiger partial charge in [-0.2, -0.15) is 10.2 Å². The van der Waals surface area contributed by atoms with Crippen LogP contribution in [0, 0.1) is 13.8 Å². The number of hydrogen-bond acceptors (Lipinski definition) is 4. The minimum atomic E-state index is -0.169. The molecule has 6 nitrogen and oxygen atoms in total. The molecule has 0 bridgehead atoms. The molecule has 0 atom stereocenters. The third-order valence-electron chi connectivity index (χ3n) is 2.95. The summed E-state index contributed by atoms with van der Waals surface area (Å²) in [6.07, 6.45) is 1.84. The summed E-state index contributed by atoms with van der Waals surface area (Å²) in [5.41, 5.74) is 5.24. The summed E-state index contributed by atoms with van der Waals surface area (Å²) in [5.74, 6) is 0.0265. The van der Waals surface area contributed by atoms with Crippen LogP contribution < -0.4 is 5.43 Å². The van der Waals surface area contributed by atoms with Gasteiger partial charge >= 0.3 is 0 Å². The average Bonchev–Trinajstić information content (AvgIpc) is 2.77. The Morgan fingerprint density at radius 1 is 1.38 bits per heavy atom. The molecular formula is C15H18N4O2. The Labute approximate surface area is 123 Å². The zero-order valence-electron chi connectivity index (χ0n) is 12.1. The number of benzene rings is 1. The van der Waals surface area contributed by atoms with Crippen LogP contribution in [0.25, 0.3) is 0 Å². The number of aryl methyl sites for hydroxylation is 3. The molecule has 1 aromatic carbocycles. The van der Waals surface area contributed by atoms with Crippen molar-refractivity contribution in [2.75, 3.05) is 0 Å². The van der Waals surface area contributed by atoms with Crippen LogP contribution in [-0.2, 0) is 11.3 Å². The van der Waals surface area contributed by atoms with Gasteiger partial charge in [0.2, 0.25) is 5.91 Å². The van der Waals surface area contributed by atoms with E-state index in [9.17, 15) is 4.79 Å². The second-order valence-electron chi connectivity index (χ2n) is 4.78. The molecule has 0 aliphatic rings. The van der Waals surface area contributed by atoms with Crippen molar-refractivity contribution in [1.82, 2.24) is 15.2 Å². The maximum atomic E-state index is 11.7. The number of nitrogens with one attached hydrogen (secondary N) is 1. The molecule has 6 heteroatoms. The third kappa shape index (κ3) is 4.45. The van der Waals surface area contributed by atoms with Crippen LogP contribution in [0.1, 0.15) is 23.4 Å². The van der Waals surface area contributed by atoms with Crippen LogP contribution in [0.2, 0.25) is 0 Å². The Kier molecular flexibility index (Phi) is 4.71. The van der Waals surface area contributed by atoms with Gasteiger partial charge in [-0.15, -0.1) is 0 Å². The van der Waals surface area contributed by atoms with E-state index in [0.717, 1.165) is 17.0 Å². The van der Waals surface area contributed by atoms with Crippen molar-refractivity contribution < 1.29 is 9.90 Å². The van der Waals surface area contributed by atoms with Crippen LogP contribution >= 0.6 is 0 Å². The highest BCUT2D eigenvalue weighted by Crippen LogP contribution is 2.07. The van der Waals surface area contributed by atoms with Crippen molar-refractivity contribution >= 4 is 12.1 Å². The van der Waals surface area contributed by atoms with Crippen LogP contribution in [-0.4, -0.2) is 27.0 Å². The normalized spacial score (nSPS) is 11.0. The lowest BCUT2D eigenvalue weighted by atomic mass is 10.2. The van der Waals surface area contributed by atoms with Crippen LogP contribution in [0.15, 0.2) is 35.4 Å². The predicted octanol–water partition coefficient (Wildman–Crippen LogP) is 1.75. The minimum Gasteiger partial charge on any atom is -0.508 e. The summed E-state index contributed by atoms with van der Waals surface area (Å²) in [5, 5.41) is 17.3. The second kappa shape index (κ2) is 6.69. The Bertz CT molecular complexity index is 644. The molecule has 0 saturated carbocycles. The second-order valence-corrected chi connectivity index (χ2v) is 4.78. The van der Waals surface area contributed by atoms with E-state index in [4.69, 9.17) is 5.11 Å². The van der Waals surface area contributed by atoms with Gasteiger partial charge in [0.1, 0.15) is 5.75 Å². The Balaban J connectivity index is 1.79. The monoisotopic (exact) mass is 286 g/mol. The van der Waals surface area contributed by atoms with Gasteiger partial charge in [0, 0.05) is 12.1 Å². The summed E-state index contributed by atoms with van der Waals surface area (Å²) in [7, 11) is 0. The zero-order chi connectivity index (χ0) is 15.2. The molecule has 0 radical (unpaired) electrons. The molecule has 1 heterocycles. The highest BCUT2D eigenvalue weighted by Gasteiger charge is 2.04. The van der Waals surface area contributed by atoms with Gasteiger partial charge in [-0.3, -0.25) is 9.48 Å². The fourth-order valence-electron chi connectivity index (χ4n) is 1.90. The Hall–Kier alpha value is -2.63. The maximum absolute atomic E-state index is 11.7.